The quantitative estimate of drug-likeness (QED) is 0.735. The third-order valence-corrected chi connectivity index (χ3v) is 5.35. The van der Waals surface area contributed by atoms with Gasteiger partial charge in [0.15, 0.2) is 0 Å². The largest absolute Gasteiger partial charge is 0.383 e. The first-order valence-corrected chi connectivity index (χ1v) is 9.83. The number of amides is 1. The van der Waals surface area contributed by atoms with Gasteiger partial charge in [-0.2, -0.15) is 5.26 Å². The summed E-state index contributed by atoms with van der Waals surface area (Å²) in [4.78, 5) is 21.1. The zero-order valence-corrected chi connectivity index (χ0v) is 17.1. The Hall–Kier alpha value is -2.52. The number of aliphatic hydroxyl groups is 1. The SMILES string of the molecule is C=C(c1nccnc1/C(C#N)=C\C)[C@H]1C[C@H](C)C[C@H](NC(=O)[C@@H](O)C(C)C)C1. The Labute approximate surface area is 167 Å². The minimum absolute atomic E-state index is 0.0244. The van der Waals surface area contributed by atoms with Gasteiger partial charge in [-0.15, -0.1) is 0 Å². The number of nitriles is 1. The van der Waals surface area contributed by atoms with E-state index in [-0.39, 0.29) is 23.8 Å². The maximum Gasteiger partial charge on any atom is 0.249 e. The van der Waals surface area contributed by atoms with Crippen LogP contribution in [-0.4, -0.2) is 33.1 Å². The van der Waals surface area contributed by atoms with Crippen LogP contribution in [0.1, 0.15) is 58.3 Å². The number of allylic oxidation sites excluding steroid dienone is 3. The lowest BCUT2D eigenvalue weighted by Crippen LogP contribution is -2.46. The average molecular weight is 383 g/mol. The Balaban J connectivity index is 2.20. The number of nitrogens with one attached hydrogen (secondary N) is 1. The first kappa shape index (κ1) is 21.8. The van der Waals surface area contributed by atoms with E-state index in [0.717, 1.165) is 24.8 Å². The molecule has 2 N–H and O–H groups in total. The molecule has 0 aliphatic heterocycles. The van der Waals surface area contributed by atoms with Crippen molar-refractivity contribution in [2.24, 2.45) is 17.8 Å². The lowest BCUT2D eigenvalue weighted by molar-refractivity contribution is -0.132. The smallest absolute Gasteiger partial charge is 0.249 e. The number of nitrogens with zero attached hydrogens (tertiary/aromatic N) is 3. The van der Waals surface area contributed by atoms with Gasteiger partial charge in [-0.05, 0) is 49.5 Å². The monoisotopic (exact) mass is 382 g/mol. The van der Waals surface area contributed by atoms with E-state index in [9.17, 15) is 15.2 Å². The molecular weight excluding hydrogens is 352 g/mol. The lowest BCUT2D eigenvalue weighted by atomic mass is 9.75. The summed E-state index contributed by atoms with van der Waals surface area (Å²) in [5.74, 6) is 0.0743. The van der Waals surface area contributed by atoms with Crippen molar-refractivity contribution in [3.63, 3.8) is 0 Å². The Morgan fingerprint density at radius 2 is 1.96 bits per heavy atom. The first-order valence-electron chi connectivity index (χ1n) is 9.83. The van der Waals surface area contributed by atoms with E-state index in [0.29, 0.717) is 22.9 Å². The van der Waals surface area contributed by atoms with Gasteiger partial charge >= 0.3 is 0 Å². The van der Waals surface area contributed by atoms with Crippen LogP contribution in [-0.2, 0) is 4.79 Å². The van der Waals surface area contributed by atoms with Crippen LogP contribution in [0.25, 0.3) is 11.1 Å². The molecule has 1 fully saturated rings. The van der Waals surface area contributed by atoms with Gasteiger partial charge in [-0.25, -0.2) is 0 Å². The molecule has 0 spiro atoms. The predicted molar refractivity (Wildman–Crippen MR) is 110 cm³/mol. The van der Waals surface area contributed by atoms with Crippen LogP contribution in [0.3, 0.4) is 0 Å². The molecule has 1 heterocycles. The molecule has 1 saturated carbocycles. The second-order valence-electron chi connectivity index (χ2n) is 8.00. The Kier molecular flexibility index (Phi) is 7.47. The second kappa shape index (κ2) is 9.61. The molecular formula is C22H30N4O2. The van der Waals surface area contributed by atoms with E-state index in [1.54, 1.807) is 25.4 Å². The summed E-state index contributed by atoms with van der Waals surface area (Å²) in [6.07, 6.45) is 6.44. The highest BCUT2D eigenvalue weighted by molar-refractivity contribution is 5.82. The van der Waals surface area contributed by atoms with Crippen molar-refractivity contribution in [2.75, 3.05) is 0 Å². The van der Waals surface area contributed by atoms with Gasteiger partial charge in [-0.3, -0.25) is 14.8 Å². The predicted octanol–water partition coefficient (Wildman–Crippen LogP) is 3.35. The van der Waals surface area contributed by atoms with Crippen molar-refractivity contribution in [1.82, 2.24) is 15.3 Å². The van der Waals surface area contributed by atoms with Crippen LogP contribution < -0.4 is 5.32 Å². The van der Waals surface area contributed by atoms with Crippen LogP contribution >= 0.6 is 0 Å². The molecule has 4 atom stereocenters. The molecule has 1 aliphatic carbocycles. The van der Waals surface area contributed by atoms with Crippen LogP contribution in [0.2, 0.25) is 0 Å². The zero-order chi connectivity index (χ0) is 20.8. The van der Waals surface area contributed by atoms with Gasteiger partial charge in [-0.1, -0.05) is 33.4 Å². The maximum absolute atomic E-state index is 12.3. The minimum atomic E-state index is -1.00. The van der Waals surface area contributed by atoms with E-state index in [2.05, 4.69) is 34.9 Å². The molecule has 6 nitrogen and oxygen atoms in total. The van der Waals surface area contributed by atoms with Gasteiger partial charge in [0.2, 0.25) is 5.91 Å². The highest BCUT2D eigenvalue weighted by atomic mass is 16.3. The van der Waals surface area contributed by atoms with Crippen molar-refractivity contribution in [3.05, 3.63) is 36.4 Å². The molecule has 0 radical (unpaired) electrons. The number of carbonyl (C=O) groups excluding carboxylic acids is 1. The van der Waals surface area contributed by atoms with Crippen molar-refractivity contribution < 1.29 is 9.90 Å². The third kappa shape index (κ3) is 5.05. The van der Waals surface area contributed by atoms with Crippen LogP contribution in [0.4, 0.5) is 0 Å². The zero-order valence-electron chi connectivity index (χ0n) is 17.1. The van der Waals surface area contributed by atoms with Crippen molar-refractivity contribution in [2.45, 2.75) is 59.1 Å². The first-order chi connectivity index (χ1) is 13.3. The average Bonchev–Trinajstić information content (AvgIpc) is 2.67. The molecule has 0 unspecified atom stereocenters. The number of carbonyl (C=O) groups is 1. The summed E-state index contributed by atoms with van der Waals surface area (Å²) in [5.41, 5.74) is 2.50. The summed E-state index contributed by atoms with van der Waals surface area (Å²) in [5, 5.41) is 22.4. The molecule has 0 aromatic carbocycles. The van der Waals surface area contributed by atoms with Gasteiger partial charge in [0, 0.05) is 18.4 Å². The van der Waals surface area contributed by atoms with Gasteiger partial charge in [0.25, 0.3) is 0 Å². The molecule has 6 heteroatoms. The van der Waals surface area contributed by atoms with Gasteiger partial charge in [0.05, 0.1) is 11.3 Å². The number of rotatable bonds is 6. The van der Waals surface area contributed by atoms with E-state index in [4.69, 9.17) is 0 Å². The summed E-state index contributed by atoms with van der Waals surface area (Å²) >= 11 is 0. The van der Waals surface area contributed by atoms with Gasteiger partial charge in [0.1, 0.15) is 17.9 Å². The molecule has 150 valence electrons. The lowest BCUT2D eigenvalue weighted by Gasteiger charge is -2.35. The Bertz CT molecular complexity index is 794. The van der Waals surface area contributed by atoms with E-state index in [1.807, 2.05) is 13.8 Å². The molecule has 1 aliphatic rings. The summed E-state index contributed by atoms with van der Waals surface area (Å²) < 4.78 is 0. The third-order valence-electron chi connectivity index (χ3n) is 5.35. The summed E-state index contributed by atoms with van der Waals surface area (Å²) in [7, 11) is 0. The standard InChI is InChI=1S/C22H30N4O2/c1-6-16(12-23)20-19(24-7-8-25-20)15(5)17-9-14(4)10-18(11-17)26-22(28)21(27)13(2)3/h6-8,13-14,17-18,21,27H,5,9-11H2,1-4H3,(H,26,28)/b16-6-/t14-,17-,18-,21-/m0/s1. The highest BCUT2D eigenvalue weighted by Crippen LogP contribution is 2.38. The fourth-order valence-corrected chi connectivity index (χ4v) is 3.81. The molecule has 1 aromatic rings. The Morgan fingerprint density at radius 3 is 2.54 bits per heavy atom. The number of hydrogen-bond donors (Lipinski definition) is 2. The molecule has 0 bridgehead atoms. The molecule has 28 heavy (non-hydrogen) atoms. The number of aromatic nitrogens is 2. The summed E-state index contributed by atoms with van der Waals surface area (Å²) in [6, 6.07) is 2.14. The summed E-state index contributed by atoms with van der Waals surface area (Å²) in [6.45, 7) is 11.9. The fourth-order valence-electron chi connectivity index (χ4n) is 3.81. The van der Waals surface area contributed by atoms with Crippen LogP contribution in [0.5, 0.6) is 0 Å². The topological polar surface area (TPSA) is 98.9 Å². The number of hydrogen-bond acceptors (Lipinski definition) is 5. The molecule has 1 aromatic heterocycles. The fraction of sp³-hybridized carbons (Fsp3) is 0.545. The van der Waals surface area contributed by atoms with Crippen molar-refractivity contribution in [1.29, 1.82) is 5.26 Å². The highest BCUT2D eigenvalue weighted by Gasteiger charge is 2.32. The Morgan fingerprint density at radius 1 is 1.32 bits per heavy atom. The van der Waals surface area contributed by atoms with Crippen molar-refractivity contribution >= 4 is 17.1 Å². The molecule has 2 rings (SSSR count). The molecule has 0 saturated heterocycles. The maximum atomic E-state index is 12.3. The second-order valence-corrected chi connectivity index (χ2v) is 8.00. The van der Waals surface area contributed by atoms with Crippen molar-refractivity contribution in [3.8, 4) is 6.07 Å². The normalized spacial score (nSPS) is 23.8. The van der Waals surface area contributed by atoms with E-state index in [1.165, 1.54) is 0 Å². The van der Waals surface area contributed by atoms with Crippen LogP contribution in [0.15, 0.2) is 25.0 Å². The minimum Gasteiger partial charge on any atom is -0.383 e. The van der Waals surface area contributed by atoms with Gasteiger partial charge < -0.3 is 10.4 Å². The van der Waals surface area contributed by atoms with E-state index >= 15 is 0 Å². The van der Waals surface area contributed by atoms with E-state index < -0.39 is 6.10 Å². The number of aliphatic hydroxyl groups excluding tert-OH is 1. The van der Waals surface area contributed by atoms with Crippen LogP contribution in [0, 0.1) is 29.1 Å². The molecule has 1 amide bonds.